The first-order chi connectivity index (χ1) is 15.1. The molecule has 3 rings (SSSR count). The maximum atomic E-state index is 13.2. The van der Waals surface area contributed by atoms with Crippen LogP contribution in [0, 0.1) is 17.8 Å². The van der Waals surface area contributed by atoms with Crippen LogP contribution in [0.15, 0.2) is 77.5 Å². The van der Waals surface area contributed by atoms with Crippen molar-refractivity contribution in [1.29, 1.82) is 0 Å². The SMILES string of the molecule is CCNC(=O)C1=C(c2ccccc2)NC(C)=C(C(=O)OCC)C1C#Cc1ccccc1. The van der Waals surface area contributed by atoms with Gasteiger partial charge in [0.1, 0.15) is 0 Å². The van der Waals surface area contributed by atoms with E-state index in [-0.39, 0.29) is 12.5 Å². The molecule has 0 radical (unpaired) electrons. The Balaban J connectivity index is 2.21. The Morgan fingerprint density at radius 2 is 1.65 bits per heavy atom. The molecule has 1 aliphatic rings. The number of benzene rings is 2. The topological polar surface area (TPSA) is 67.4 Å². The van der Waals surface area contributed by atoms with Gasteiger partial charge in [-0.15, -0.1) is 0 Å². The highest BCUT2D eigenvalue weighted by atomic mass is 16.5. The Bertz CT molecular complexity index is 1070. The normalized spacial score (nSPS) is 15.5. The lowest BCUT2D eigenvalue weighted by molar-refractivity contribution is -0.138. The fraction of sp³-hybridized carbons (Fsp3) is 0.231. The second kappa shape index (κ2) is 10.3. The smallest absolute Gasteiger partial charge is 0.337 e. The molecule has 1 heterocycles. The van der Waals surface area contributed by atoms with Crippen LogP contribution in [0.4, 0.5) is 0 Å². The lowest BCUT2D eigenvalue weighted by Gasteiger charge is -2.29. The van der Waals surface area contributed by atoms with Gasteiger partial charge in [-0.3, -0.25) is 4.79 Å². The molecule has 1 unspecified atom stereocenters. The van der Waals surface area contributed by atoms with Gasteiger partial charge in [-0.05, 0) is 38.5 Å². The molecule has 31 heavy (non-hydrogen) atoms. The molecule has 1 atom stereocenters. The van der Waals surface area contributed by atoms with Crippen molar-refractivity contribution >= 4 is 17.6 Å². The highest BCUT2D eigenvalue weighted by molar-refractivity contribution is 6.06. The molecule has 0 spiro atoms. The van der Waals surface area contributed by atoms with Gasteiger partial charge in [-0.1, -0.05) is 60.4 Å². The number of rotatable bonds is 5. The quantitative estimate of drug-likeness (QED) is 0.579. The van der Waals surface area contributed by atoms with E-state index in [4.69, 9.17) is 4.74 Å². The summed E-state index contributed by atoms with van der Waals surface area (Å²) in [4.78, 5) is 26.0. The monoisotopic (exact) mass is 414 g/mol. The van der Waals surface area contributed by atoms with Crippen molar-refractivity contribution in [2.45, 2.75) is 20.8 Å². The zero-order chi connectivity index (χ0) is 22.2. The Hall–Kier alpha value is -3.78. The van der Waals surface area contributed by atoms with Gasteiger partial charge in [0.25, 0.3) is 5.91 Å². The van der Waals surface area contributed by atoms with Crippen molar-refractivity contribution < 1.29 is 14.3 Å². The standard InChI is InChI=1S/C26H26N2O3/c1-4-27-25(29)23-21(17-16-19-12-8-6-9-13-19)22(26(30)31-5-2)18(3)28-24(23)20-14-10-7-11-15-20/h6-15,21,28H,4-5H2,1-3H3,(H,27,29). The molecule has 2 aromatic rings. The molecule has 5 nitrogen and oxygen atoms in total. The highest BCUT2D eigenvalue weighted by Gasteiger charge is 2.36. The molecule has 0 aliphatic carbocycles. The Morgan fingerprint density at radius 3 is 2.26 bits per heavy atom. The van der Waals surface area contributed by atoms with Crippen LogP contribution in [0.3, 0.4) is 0 Å². The van der Waals surface area contributed by atoms with E-state index in [0.717, 1.165) is 11.1 Å². The van der Waals surface area contributed by atoms with Crippen molar-refractivity contribution in [2.24, 2.45) is 5.92 Å². The van der Waals surface area contributed by atoms with Crippen LogP contribution in [-0.2, 0) is 14.3 Å². The van der Waals surface area contributed by atoms with Crippen molar-refractivity contribution in [3.05, 3.63) is 88.6 Å². The molecular weight excluding hydrogens is 388 g/mol. The van der Waals surface area contributed by atoms with Gasteiger partial charge in [-0.2, -0.15) is 0 Å². The summed E-state index contributed by atoms with van der Waals surface area (Å²) in [6.45, 7) is 6.11. The molecule has 0 aromatic heterocycles. The summed E-state index contributed by atoms with van der Waals surface area (Å²) in [7, 11) is 0. The Labute approximate surface area is 183 Å². The first kappa shape index (κ1) is 21.9. The predicted octanol–water partition coefficient (Wildman–Crippen LogP) is 3.64. The molecule has 1 aliphatic heterocycles. The van der Waals surface area contributed by atoms with Crippen LogP contribution in [0.5, 0.6) is 0 Å². The zero-order valence-electron chi connectivity index (χ0n) is 18.0. The van der Waals surface area contributed by atoms with Crippen LogP contribution in [-0.4, -0.2) is 25.0 Å². The molecule has 158 valence electrons. The molecule has 2 aromatic carbocycles. The third-order valence-electron chi connectivity index (χ3n) is 4.84. The molecule has 0 saturated heterocycles. The average molecular weight is 415 g/mol. The van der Waals surface area contributed by atoms with E-state index in [2.05, 4.69) is 22.5 Å². The van der Waals surface area contributed by atoms with E-state index in [1.165, 1.54) is 0 Å². The summed E-state index contributed by atoms with van der Waals surface area (Å²) in [5, 5.41) is 6.14. The Morgan fingerprint density at radius 1 is 1.00 bits per heavy atom. The number of carbonyl (C=O) groups is 2. The number of hydrogen-bond donors (Lipinski definition) is 2. The summed E-state index contributed by atoms with van der Waals surface area (Å²) >= 11 is 0. The second-order valence-corrected chi connectivity index (χ2v) is 6.97. The molecule has 2 N–H and O–H groups in total. The lowest BCUT2D eigenvalue weighted by atomic mass is 9.83. The fourth-order valence-corrected chi connectivity index (χ4v) is 3.46. The third-order valence-corrected chi connectivity index (χ3v) is 4.84. The van der Waals surface area contributed by atoms with Crippen molar-refractivity contribution in [2.75, 3.05) is 13.2 Å². The van der Waals surface area contributed by atoms with Crippen LogP contribution in [0.1, 0.15) is 31.9 Å². The first-order valence-corrected chi connectivity index (χ1v) is 10.4. The minimum absolute atomic E-state index is 0.236. The van der Waals surface area contributed by atoms with Gasteiger partial charge in [0.05, 0.1) is 29.4 Å². The van der Waals surface area contributed by atoms with E-state index >= 15 is 0 Å². The number of allylic oxidation sites excluding steroid dienone is 1. The van der Waals surface area contributed by atoms with Gasteiger partial charge in [-0.25, -0.2) is 4.79 Å². The van der Waals surface area contributed by atoms with Gasteiger partial charge in [0.2, 0.25) is 0 Å². The van der Waals surface area contributed by atoms with Crippen molar-refractivity contribution in [3.8, 4) is 11.8 Å². The van der Waals surface area contributed by atoms with Gasteiger partial charge in [0, 0.05) is 17.8 Å². The number of amides is 1. The maximum Gasteiger partial charge on any atom is 0.337 e. The fourth-order valence-electron chi connectivity index (χ4n) is 3.46. The van der Waals surface area contributed by atoms with Crippen LogP contribution >= 0.6 is 0 Å². The summed E-state index contributed by atoms with van der Waals surface area (Å²) in [6, 6.07) is 19.1. The van der Waals surface area contributed by atoms with Crippen LogP contribution < -0.4 is 10.6 Å². The number of hydrogen-bond acceptors (Lipinski definition) is 4. The van der Waals surface area contributed by atoms with E-state index in [1.807, 2.05) is 67.6 Å². The maximum absolute atomic E-state index is 13.2. The van der Waals surface area contributed by atoms with E-state index in [1.54, 1.807) is 13.8 Å². The van der Waals surface area contributed by atoms with Gasteiger partial charge in [0.15, 0.2) is 0 Å². The average Bonchev–Trinajstić information content (AvgIpc) is 2.78. The number of nitrogens with one attached hydrogen (secondary N) is 2. The van der Waals surface area contributed by atoms with E-state index in [9.17, 15) is 9.59 Å². The molecule has 5 heteroatoms. The lowest BCUT2D eigenvalue weighted by Crippen LogP contribution is -2.37. The molecule has 0 saturated carbocycles. The van der Waals surface area contributed by atoms with Crippen molar-refractivity contribution in [1.82, 2.24) is 10.6 Å². The van der Waals surface area contributed by atoms with Gasteiger partial charge >= 0.3 is 5.97 Å². The van der Waals surface area contributed by atoms with E-state index in [0.29, 0.717) is 29.1 Å². The molecule has 0 fully saturated rings. The predicted molar refractivity (Wildman–Crippen MR) is 121 cm³/mol. The number of dihydropyridines is 1. The third kappa shape index (κ3) is 5.04. The number of esters is 1. The zero-order valence-corrected chi connectivity index (χ0v) is 18.0. The summed E-state index contributed by atoms with van der Waals surface area (Å²) in [5.41, 5.74) is 3.68. The molecule has 1 amide bonds. The minimum Gasteiger partial charge on any atom is -0.463 e. The number of carbonyl (C=O) groups excluding carboxylic acids is 2. The van der Waals surface area contributed by atoms with E-state index < -0.39 is 11.9 Å². The molecule has 0 bridgehead atoms. The van der Waals surface area contributed by atoms with Gasteiger partial charge < -0.3 is 15.4 Å². The summed E-state index contributed by atoms with van der Waals surface area (Å²) in [5.74, 6) is 4.83. The summed E-state index contributed by atoms with van der Waals surface area (Å²) < 4.78 is 5.30. The summed E-state index contributed by atoms with van der Waals surface area (Å²) in [6.07, 6.45) is 0. The highest BCUT2D eigenvalue weighted by Crippen LogP contribution is 2.34. The van der Waals surface area contributed by atoms with Crippen LogP contribution in [0.2, 0.25) is 0 Å². The minimum atomic E-state index is -0.734. The number of ether oxygens (including phenoxy) is 1. The number of likely N-dealkylation sites (N-methyl/N-ethyl adjacent to an activating group) is 1. The van der Waals surface area contributed by atoms with Crippen LogP contribution in [0.25, 0.3) is 5.70 Å². The molecular formula is C26H26N2O3. The van der Waals surface area contributed by atoms with Crippen molar-refractivity contribution in [3.63, 3.8) is 0 Å². The Kier molecular flexibility index (Phi) is 7.29. The first-order valence-electron chi connectivity index (χ1n) is 10.4. The second-order valence-electron chi connectivity index (χ2n) is 6.97. The largest absolute Gasteiger partial charge is 0.463 e.